The Morgan fingerprint density at radius 2 is 2.11 bits per heavy atom. The highest BCUT2D eigenvalue weighted by Gasteiger charge is 2.36. The lowest BCUT2D eigenvalue weighted by Gasteiger charge is -2.09. The Morgan fingerprint density at radius 3 is 2.64 bits per heavy atom. The highest BCUT2D eigenvalue weighted by atomic mass is 35.5. The second-order valence-electron chi connectivity index (χ2n) is 6.56. The zero-order chi connectivity index (χ0) is 20.9. The van der Waals surface area contributed by atoms with Crippen molar-refractivity contribution in [2.75, 3.05) is 5.75 Å². The molecule has 0 unspecified atom stereocenters. The molecule has 2 aromatic heterocycles. The lowest BCUT2D eigenvalue weighted by molar-refractivity contribution is -0.897. The van der Waals surface area contributed by atoms with Crippen LogP contribution in [0.2, 0.25) is 0 Å². The number of halogens is 4. The fraction of sp³-hybridized carbons (Fsp3) is 0.412. The third-order valence-electron chi connectivity index (χ3n) is 4.58. The van der Waals surface area contributed by atoms with E-state index in [0.29, 0.717) is 16.4 Å². The summed E-state index contributed by atoms with van der Waals surface area (Å²) >= 11 is 5.28. The van der Waals surface area contributed by atoms with Crippen LogP contribution in [-0.2, 0) is 16.9 Å². The summed E-state index contributed by atoms with van der Waals surface area (Å²) in [4.78, 5) is 3.91. The van der Waals surface area contributed by atoms with Crippen molar-refractivity contribution in [2.45, 2.75) is 36.8 Å². The Labute approximate surface area is 164 Å². The molecule has 0 aliphatic heterocycles. The van der Waals surface area contributed by atoms with Gasteiger partial charge in [-0.15, -0.1) is 0 Å². The third-order valence-corrected chi connectivity index (χ3v) is 6.64. The van der Waals surface area contributed by atoms with Gasteiger partial charge in [0.1, 0.15) is 9.93 Å². The van der Waals surface area contributed by atoms with E-state index in [2.05, 4.69) is 4.98 Å². The number of alkyl halides is 3. The maximum atomic E-state index is 12.7. The van der Waals surface area contributed by atoms with Crippen molar-refractivity contribution in [3.05, 3.63) is 34.7 Å². The molecule has 0 spiro atoms. The van der Waals surface area contributed by atoms with E-state index >= 15 is 0 Å². The van der Waals surface area contributed by atoms with Crippen LogP contribution in [0.15, 0.2) is 28.4 Å². The van der Waals surface area contributed by atoms with Crippen molar-refractivity contribution >= 4 is 27.5 Å². The lowest BCUT2D eigenvalue weighted by Crippen LogP contribution is -2.36. The Kier molecular flexibility index (Phi) is 5.22. The molecule has 6 nitrogen and oxygen atoms in total. The van der Waals surface area contributed by atoms with Crippen molar-refractivity contribution in [3.63, 3.8) is 0 Å². The summed E-state index contributed by atoms with van der Waals surface area (Å²) in [6.07, 6.45) is 0.309. The van der Waals surface area contributed by atoms with Gasteiger partial charge >= 0.3 is 11.9 Å². The van der Waals surface area contributed by atoms with Crippen LogP contribution in [0.25, 0.3) is 17.6 Å². The normalized spacial score (nSPS) is 15.9. The van der Waals surface area contributed by atoms with Crippen LogP contribution in [0.1, 0.15) is 36.9 Å². The first kappa shape index (κ1) is 20.7. The quantitative estimate of drug-likeness (QED) is 0.575. The summed E-state index contributed by atoms with van der Waals surface area (Å²) in [7, 11) is -2.33. The summed E-state index contributed by atoms with van der Waals surface area (Å²) in [5.41, 5.74) is 0.577. The van der Waals surface area contributed by atoms with Crippen molar-refractivity contribution in [2.24, 2.45) is 7.05 Å². The van der Waals surface area contributed by atoms with E-state index in [0.717, 1.165) is 19.0 Å². The number of aromatic nitrogens is 3. The molecular weight excluding hydrogens is 419 g/mol. The van der Waals surface area contributed by atoms with E-state index in [9.17, 15) is 26.8 Å². The van der Waals surface area contributed by atoms with Gasteiger partial charge in [0, 0.05) is 17.3 Å². The predicted octanol–water partition coefficient (Wildman–Crippen LogP) is 3.42. The number of nitrogens with zero attached hydrogens (tertiary/aromatic N) is 3. The Hall–Kier alpha value is -2.07. The Bertz CT molecular complexity index is 1060. The topological polar surface area (TPSA) is 76.1 Å². The molecule has 0 saturated heterocycles. The van der Waals surface area contributed by atoms with E-state index in [4.69, 9.17) is 11.6 Å². The molecule has 0 atom stereocenters. The molecule has 0 aromatic carbocycles. The molecule has 1 N–H and O–H groups in total. The molecule has 0 radical (unpaired) electrons. The number of hydrogen-bond donors (Lipinski definition) is 1. The minimum absolute atomic E-state index is 0.00319. The summed E-state index contributed by atoms with van der Waals surface area (Å²) in [6.45, 7) is 1.47. The van der Waals surface area contributed by atoms with Crippen LogP contribution in [-0.4, -0.2) is 35.1 Å². The van der Waals surface area contributed by atoms with Gasteiger partial charge in [-0.05, 0) is 30.9 Å². The number of hydrogen-bond acceptors (Lipinski definition) is 4. The number of rotatable bonds is 5. The largest absolute Gasteiger partial charge is 0.427 e. The van der Waals surface area contributed by atoms with Crippen LogP contribution >= 0.6 is 11.6 Å². The molecule has 11 heteroatoms. The molecule has 1 saturated carbocycles. The van der Waals surface area contributed by atoms with Crippen molar-refractivity contribution < 1.29 is 31.5 Å². The third kappa shape index (κ3) is 3.88. The van der Waals surface area contributed by atoms with E-state index in [1.807, 2.05) is 0 Å². The standard InChI is InChI=1S/C17H18ClF3N3O3S/c1-3-28(26,27)13-6-11(10-4-5-10)9-24(25)15(13)16-22-8-12(23(16)2)7-14(18)17(19,20)21/h6-10,25H,3-5H2,1-2H3/q+1/b14-7+. The van der Waals surface area contributed by atoms with Gasteiger partial charge in [-0.1, -0.05) is 18.5 Å². The number of sulfone groups is 1. The first-order chi connectivity index (χ1) is 13.0. The molecule has 28 heavy (non-hydrogen) atoms. The number of allylic oxidation sites excluding steroid dienone is 1. The molecule has 1 aliphatic carbocycles. The number of imidazole rings is 1. The summed E-state index contributed by atoms with van der Waals surface area (Å²) in [6, 6.07) is 1.51. The fourth-order valence-electron chi connectivity index (χ4n) is 2.81. The van der Waals surface area contributed by atoms with E-state index in [1.54, 1.807) is 0 Å². The van der Waals surface area contributed by atoms with E-state index < -0.39 is 21.0 Å². The van der Waals surface area contributed by atoms with Gasteiger partial charge in [-0.3, -0.25) is 5.21 Å². The minimum Gasteiger partial charge on any atom is -0.322 e. The Morgan fingerprint density at radius 1 is 1.46 bits per heavy atom. The number of pyridine rings is 1. The highest BCUT2D eigenvalue weighted by molar-refractivity contribution is 7.91. The van der Waals surface area contributed by atoms with Gasteiger partial charge in [-0.2, -0.15) is 13.2 Å². The zero-order valence-corrected chi connectivity index (χ0v) is 16.6. The summed E-state index contributed by atoms with van der Waals surface area (Å²) in [5.74, 6) is -0.0240. The molecule has 0 bridgehead atoms. The van der Waals surface area contributed by atoms with Crippen molar-refractivity contribution in [1.29, 1.82) is 0 Å². The summed E-state index contributed by atoms with van der Waals surface area (Å²) < 4.78 is 65.3. The van der Waals surface area contributed by atoms with E-state index in [-0.39, 0.29) is 33.8 Å². The Balaban J connectivity index is 2.20. The maximum Gasteiger partial charge on any atom is 0.427 e. The molecule has 152 valence electrons. The molecule has 2 heterocycles. The van der Waals surface area contributed by atoms with Gasteiger partial charge in [0.2, 0.25) is 12.0 Å². The molecule has 2 aromatic rings. The maximum absolute atomic E-state index is 12.7. The first-order valence-electron chi connectivity index (χ1n) is 8.43. The smallest absolute Gasteiger partial charge is 0.322 e. The highest BCUT2D eigenvalue weighted by Crippen LogP contribution is 2.41. The van der Waals surface area contributed by atoms with Crippen LogP contribution in [0, 0.1) is 0 Å². The molecule has 1 fully saturated rings. The van der Waals surface area contributed by atoms with Crippen LogP contribution in [0.3, 0.4) is 0 Å². The second-order valence-corrected chi connectivity index (χ2v) is 9.22. The average molecular weight is 437 g/mol. The van der Waals surface area contributed by atoms with Crippen molar-refractivity contribution in [3.8, 4) is 11.5 Å². The fourth-order valence-corrected chi connectivity index (χ4v) is 4.03. The van der Waals surface area contributed by atoms with Gasteiger partial charge in [-0.25, -0.2) is 13.4 Å². The molecular formula is C17H18ClF3N3O3S+. The second kappa shape index (κ2) is 7.07. The lowest BCUT2D eigenvalue weighted by atomic mass is 10.1. The van der Waals surface area contributed by atoms with E-state index in [1.165, 1.54) is 30.8 Å². The van der Waals surface area contributed by atoms with Gasteiger partial charge in [0.15, 0.2) is 9.84 Å². The summed E-state index contributed by atoms with van der Waals surface area (Å²) in [5, 5.41) is 9.14. The monoisotopic (exact) mass is 436 g/mol. The van der Waals surface area contributed by atoms with Crippen molar-refractivity contribution in [1.82, 2.24) is 9.55 Å². The van der Waals surface area contributed by atoms with Crippen LogP contribution < -0.4 is 4.73 Å². The molecule has 0 amide bonds. The molecule has 3 rings (SSSR count). The van der Waals surface area contributed by atoms with Gasteiger partial charge < -0.3 is 4.57 Å². The minimum atomic E-state index is -4.72. The zero-order valence-electron chi connectivity index (χ0n) is 15.0. The van der Waals surface area contributed by atoms with Crippen LogP contribution in [0.5, 0.6) is 0 Å². The molecule has 1 aliphatic rings. The van der Waals surface area contributed by atoms with Crippen LogP contribution in [0.4, 0.5) is 13.2 Å². The predicted molar refractivity (Wildman–Crippen MR) is 95.6 cm³/mol. The SMILES string of the molecule is CCS(=O)(=O)c1cc(C2CC2)c[n+](O)c1-c1ncc(/C=C(/Cl)C(F)(F)F)n1C. The first-order valence-corrected chi connectivity index (χ1v) is 10.5. The van der Waals surface area contributed by atoms with Gasteiger partial charge in [0.05, 0.1) is 17.6 Å². The average Bonchev–Trinajstić information content (AvgIpc) is 3.40. The van der Waals surface area contributed by atoms with Gasteiger partial charge in [0.25, 0.3) is 0 Å².